The topological polar surface area (TPSA) is 98.0 Å². The highest BCUT2D eigenvalue weighted by molar-refractivity contribution is 5.04. The first-order chi connectivity index (χ1) is 11.9. The van der Waals surface area contributed by atoms with Crippen molar-refractivity contribution in [1.29, 1.82) is 0 Å². The maximum atomic E-state index is 12.1. The maximum Gasteiger partial charge on any atom is 0.330 e. The van der Waals surface area contributed by atoms with Crippen molar-refractivity contribution >= 4 is 0 Å². The SMILES string of the molecule is CC(C)c1n[nH]c([C@H]2CN(Cc3cc(=O)n(C)c(=O)n3C)CCO2)n1. The van der Waals surface area contributed by atoms with E-state index in [0.717, 1.165) is 16.9 Å². The lowest BCUT2D eigenvalue weighted by atomic mass is 10.2. The van der Waals surface area contributed by atoms with Gasteiger partial charge in [-0.25, -0.2) is 9.78 Å². The predicted molar refractivity (Wildman–Crippen MR) is 91.4 cm³/mol. The van der Waals surface area contributed by atoms with Gasteiger partial charge in [0.15, 0.2) is 11.6 Å². The normalized spacial score (nSPS) is 18.8. The van der Waals surface area contributed by atoms with E-state index < -0.39 is 0 Å². The standard InChI is InChI=1S/C16H24N6O3/c1-10(2)14-17-15(19-18-14)12-9-22(5-6-25-12)8-11-7-13(23)21(4)16(24)20(11)3/h7,10,12H,5-6,8-9H2,1-4H3,(H,17,18,19)/t12-/m1/s1. The van der Waals surface area contributed by atoms with Crippen LogP contribution in [-0.4, -0.2) is 48.9 Å². The molecule has 1 saturated heterocycles. The van der Waals surface area contributed by atoms with Crippen molar-refractivity contribution in [3.05, 3.63) is 44.2 Å². The zero-order chi connectivity index (χ0) is 18.1. The van der Waals surface area contributed by atoms with Crippen LogP contribution in [0.2, 0.25) is 0 Å². The van der Waals surface area contributed by atoms with E-state index in [0.29, 0.717) is 31.2 Å². The predicted octanol–water partition coefficient (Wildman–Crippen LogP) is -0.101. The molecular formula is C16H24N6O3. The first-order valence-electron chi connectivity index (χ1n) is 8.39. The van der Waals surface area contributed by atoms with E-state index in [4.69, 9.17) is 4.74 Å². The lowest BCUT2D eigenvalue weighted by molar-refractivity contribution is -0.0377. The fourth-order valence-corrected chi connectivity index (χ4v) is 2.86. The van der Waals surface area contributed by atoms with Crippen molar-refractivity contribution in [3.63, 3.8) is 0 Å². The molecule has 0 aliphatic carbocycles. The highest BCUT2D eigenvalue weighted by Gasteiger charge is 2.26. The van der Waals surface area contributed by atoms with Crippen LogP contribution < -0.4 is 11.2 Å². The second-order valence-corrected chi connectivity index (χ2v) is 6.70. The van der Waals surface area contributed by atoms with Crippen LogP contribution in [0.15, 0.2) is 15.7 Å². The first kappa shape index (κ1) is 17.6. The third-order valence-electron chi connectivity index (χ3n) is 4.50. The maximum absolute atomic E-state index is 12.1. The fourth-order valence-electron chi connectivity index (χ4n) is 2.86. The van der Waals surface area contributed by atoms with Crippen molar-refractivity contribution in [2.75, 3.05) is 19.7 Å². The van der Waals surface area contributed by atoms with E-state index in [9.17, 15) is 9.59 Å². The van der Waals surface area contributed by atoms with Gasteiger partial charge in [-0.05, 0) is 0 Å². The molecule has 25 heavy (non-hydrogen) atoms. The number of ether oxygens (including phenoxy) is 1. The Morgan fingerprint density at radius 3 is 2.76 bits per heavy atom. The molecule has 2 aromatic rings. The van der Waals surface area contributed by atoms with Gasteiger partial charge in [-0.1, -0.05) is 13.8 Å². The third kappa shape index (κ3) is 3.57. The smallest absolute Gasteiger partial charge is 0.330 e. The van der Waals surface area contributed by atoms with Crippen LogP contribution >= 0.6 is 0 Å². The van der Waals surface area contributed by atoms with Crippen LogP contribution in [0.5, 0.6) is 0 Å². The van der Waals surface area contributed by atoms with Gasteiger partial charge in [-0.3, -0.25) is 23.9 Å². The molecule has 1 aliphatic heterocycles. The summed E-state index contributed by atoms with van der Waals surface area (Å²) in [4.78, 5) is 30.6. The third-order valence-corrected chi connectivity index (χ3v) is 4.50. The molecule has 136 valence electrons. The van der Waals surface area contributed by atoms with E-state index in [1.165, 1.54) is 17.7 Å². The van der Waals surface area contributed by atoms with Crippen molar-refractivity contribution in [3.8, 4) is 0 Å². The van der Waals surface area contributed by atoms with Crippen LogP contribution in [0.3, 0.4) is 0 Å². The number of aromatic nitrogens is 5. The molecule has 0 aromatic carbocycles. The summed E-state index contributed by atoms with van der Waals surface area (Å²) < 4.78 is 8.43. The average Bonchev–Trinajstić information content (AvgIpc) is 3.08. The largest absolute Gasteiger partial charge is 0.368 e. The van der Waals surface area contributed by atoms with Crippen molar-refractivity contribution in [2.45, 2.75) is 32.4 Å². The Labute approximate surface area is 145 Å². The average molecular weight is 348 g/mol. The summed E-state index contributed by atoms with van der Waals surface area (Å²) in [7, 11) is 3.16. The molecule has 0 bridgehead atoms. The molecule has 1 N–H and O–H groups in total. The van der Waals surface area contributed by atoms with Gasteiger partial charge < -0.3 is 4.74 Å². The zero-order valence-corrected chi connectivity index (χ0v) is 15.0. The van der Waals surface area contributed by atoms with E-state index in [1.54, 1.807) is 7.05 Å². The number of hydrogen-bond acceptors (Lipinski definition) is 6. The van der Waals surface area contributed by atoms with Gasteiger partial charge in [0, 0.05) is 51.4 Å². The Balaban J connectivity index is 1.76. The molecular weight excluding hydrogens is 324 g/mol. The van der Waals surface area contributed by atoms with Crippen LogP contribution in [0, 0.1) is 0 Å². The highest BCUT2D eigenvalue weighted by atomic mass is 16.5. The number of nitrogens with zero attached hydrogens (tertiary/aromatic N) is 5. The summed E-state index contributed by atoms with van der Waals surface area (Å²) in [6, 6.07) is 1.51. The second kappa shape index (κ2) is 6.93. The Morgan fingerprint density at radius 2 is 2.08 bits per heavy atom. The van der Waals surface area contributed by atoms with Crippen molar-refractivity contribution in [1.82, 2.24) is 29.2 Å². The van der Waals surface area contributed by atoms with Gasteiger partial charge in [0.05, 0.1) is 6.61 Å². The Bertz CT molecular complexity index is 865. The van der Waals surface area contributed by atoms with Gasteiger partial charge in [-0.15, -0.1) is 0 Å². The molecule has 1 aliphatic rings. The first-order valence-corrected chi connectivity index (χ1v) is 8.39. The fraction of sp³-hybridized carbons (Fsp3) is 0.625. The van der Waals surface area contributed by atoms with Gasteiger partial charge in [0.25, 0.3) is 5.56 Å². The number of nitrogens with one attached hydrogen (secondary N) is 1. The molecule has 1 fully saturated rings. The number of morpholine rings is 1. The van der Waals surface area contributed by atoms with Crippen molar-refractivity contribution in [2.24, 2.45) is 14.1 Å². The van der Waals surface area contributed by atoms with Crippen LogP contribution in [0.4, 0.5) is 0 Å². The molecule has 2 aromatic heterocycles. The Morgan fingerprint density at radius 1 is 1.32 bits per heavy atom. The molecule has 0 radical (unpaired) electrons. The molecule has 1 atom stereocenters. The van der Waals surface area contributed by atoms with Crippen LogP contribution in [0.25, 0.3) is 0 Å². The minimum absolute atomic E-state index is 0.197. The van der Waals surface area contributed by atoms with E-state index >= 15 is 0 Å². The van der Waals surface area contributed by atoms with Crippen molar-refractivity contribution < 1.29 is 4.74 Å². The minimum Gasteiger partial charge on any atom is -0.368 e. The van der Waals surface area contributed by atoms with Gasteiger partial charge in [0.1, 0.15) is 6.10 Å². The zero-order valence-electron chi connectivity index (χ0n) is 15.0. The Hall–Kier alpha value is -2.26. The lowest BCUT2D eigenvalue weighted by Crippen LogP contribution is -2.42. The molecule has 0 spiro atoms. The van der Waals surface area contributed by atoms with Crippen LogP contribution in [-0.2, 0) is 25.4 Å². The van der Waals surface area contributed by atoms with Crippen LogP contribution in [0.1, 0.15) is 43.2 Å². The minimum atomic E-state index is -0.316. The quantitative estimate of drug-likeness (QED) is 0.828. The molecule has 9 nitrogen and oxygen atoms in total. The summed E-state index contributed by atoms with van der Waals surface area (Å²) in [6.45, 7) is 6.49. The Kier molecular flexibility index (Phi) is 4.87. The number of aromatic amines is 1. The summed E-state index contributed by atoms with van der Waals surface area (Å²) in [5.74, 6) is 1.73. The van der Waals surface area contributed by atoms with Gasteiger partial charge in [0.2, 0.25) is 0 Å². The van der Waals surface area contributed by atoms with Gasteiger partial charge in [-0.2, -0.15) is 5.10 Å². The summed E-state index contributed by atoms with van der Waals surface area (Å²) in [5, 5.41) is 7.18. The monoisotopic (exact) mass is 348 g/mol. The molecule has 9 heteroatoms. The second-order valence-electron chi connectivity index (χ2n) is 6.70. The highest BCUT2D eigenvalue weighted by Crippen LogP contribution is 2.21. The number of hydrogen-bond donors (Lipinski definition) is 1. The van der Waals surface area contributed by atoms with E-state index in [2.05, 4.69) is 20.1 Å². The molecule has 0 saturated carbocycles. The molecule has 3 rings (SSSR count). The van der Waals surface area contributed by atoms with E-state index in [-0.39, 0.29) is 23.3 Å². The van der Waals surface area contributed by atoms with Gasteiger partial charge >= 0.3 is 5.69 Å². The molecule has 0 amide bonds. The summed E-state index contributed by atoms with van der Waals surface area (Å²) in [6.07, 6.45) is -0.197. The summed E-state index contributed by atoms with van der Waals surface area (Å²) >= 11 is 0. The molecule has 0 unspecified atom stereocenters. The van der Waals surface area contributed by atoms with E-state index in [1.807, 2.05) is 13.8 Å². The number of H-pyrrole nitrogens is 1. The molecule has 3 heterocycles. The summed E-state index contributed by atoms with van der Waals surface area (Å²) in [5.41, 5.74) is 0.0815. The lowest BCUT2D eigenvalue weighted by Gasteiger charge is -2.32. The number of rotatable bonds is 4.